The zero-order valence-electron chi connectivity index (χ0n) is 11.8. The van der Waals surface area contributed by atoms with E-state index < -0.39 is 0 Å². The summed E-state index contributed by atoms with van der Waals surface area (Å²) in [5.74, 6) is 1.79. The van der Waals surface area contributed by atoms with E-state index in [1.165, 1.54) is 5.56 Å². The van der Waals surface area contributed by atoms with E-state index in [1.54, 1.807) is 7.11 Å². The Hall–Kier alpha value is -2.01. The van der Waals surface area contributed by atoms with Crippen LogP contribution in [-0.2, 0) is 17.8 Å². The molecule has 0 spiro atoms. The standard InChI is InChI=1S/C15H18N4O/c1-16-13-8-12(18-14(19-13)9-20-2)11-6-5-10-4-3-7-17-15(10)11/h3-4,7-8,11H,5-6,9H2,1-2H3,(H,16,18,19). The molecule has 1 atom stereocenters. The highest BCUT2D eigenvalue weighted by molar-refractivity contribution is 5.41. The molecule has 20 heavy (non-hydrogen) atoms. The average Bonchev–Trinajstić information content (AvgIpc) is 2.91. The predicted molar refractivity (Wildman–Crippen MR) is 76.7 cm³/mol. The van der Waals surface area contributed by atoms with E-state index in [0.717, 1.165) is 30.0 Å². The summed E-state index contributed by atoms with van der Waals surface area (Å²) in [5.41, 5.74) is 3.50. The summed E-state index contributed by atoms with van der Waals surface area (Å²) in [6.07, 6.45) is 3.97. The summed E-state index contributed by atoms with van der Waals surface area (Å²) < 4.78 is 5.15. The van der Waals surface area contributed by atoms with Crippen LogP contribution in [0, 0.1) is 0 Å². The van der Waals surface area contributed by atoms with Gasteiger partial charge in [-0.2, -0.15) is 0 Å². The van der Waals surface area contributed by atoms with Gasteiger partial charge >= 0.3 is 0 Å². The summed E-state index contributed by atoms with van der Waals surface area (Å²) in [7, 11) is 3.52. The van der Waals surface area contributed by atoms with Gasteiger partial charge in [-0.05, 0) is 24.5 Å². The lowest BCUT2D eigenvalue weighted by molar-refractivity contribution is 0.177. The Bertz CT molecular complexity index is 615. The Morgan fingerprint density at radius 3 is 3.10 bits per heavy atom. The SMILES string of the molecule is CNc1cc(C2CCc3cccnc32)nc(COC)n1. The quantitative estimate of drug-likeness (QED) is 0.922. The normalized spacial score (nSPS) is 17.0. The lowest BCUT2D eigenvalue weighted by atomic mass is 10.0. The molecule has 0 aromatic carbocycles. The fourth-order valence-corrected chi connectivity index (χ4v) is 2.72. The van der Waals surface area contributed by atoms with Crippen molar-refractivity contribution in [2.75, 3.05) is 19.5 Å². The van der Waals surface area contributed by atoms with Crippen LogP contribution in [0.4, 0.5) is 5.82 Å². The van der Waals surface area contributed by atoms with E-state index in [9.17, 15) is 0 Å². The number of hydrogen-bond donors (Lipinski definition) is 1. The van der Waals surface area contributed by atoms with Gasteiger partial charge < -0.3 is 10.1 Å². The van der Waals surface area contributed by atoms with Crippen molar-refractivity contribution in [3.8, 4) is 0 Å². The van der Waals surface area contributed by atoms with E-state index in [0.29, 0.717) is 12.4 Å². The van der Waals surface area contributed by atoms with Gasteiger partial charge in [0, 0.05) is 32.3 Å². The van der Waals surface area contributed by atoms with Crippen LogP contribution in [0.3, 0.4) is 0 Å². The summed E-state index contributed by atoms with van der Waals surface area (Å²) in [4.78, 5) is 13.6. The highest BCUT2D eigenvalue weighted by Gasteiger charge is 2.27. The number of methoxy groups -OCH3 is 1. The number of aromatic nitrogens is 3. The number of rotatable bonds is 4. The van der Waals surface area contributed by atoms with Crippen molar-refractivity contribution in [2.24, 2.45) is 0 Å². The molecule has 1 N–H and O–H groups in total. The maximum Gasteiger partial charge on any atom is 0.156 e. The molecule has 2 heterocycles. The summed E-state index contributed by atoms with van der Waals surface area (Å²) in [6, 6.07) is 6.16. The van der Waals surface area contributed by atoms with Crippen molar-refractivity contribution in [3.05, 3.63) is 47.2 Å². The average molecular weight is 270 g/mol. The Kier molecular flexibility index (Phi) is 3.60. The van der Waals surface area contributed by atoms with Crippen LogP contribution < -0.4 is 5.32 Å². The van der Waals surface area contributed by atoms with Crippen LogP contribution in [0.1, 0.15) is 35.1 Å². The fourth-order valence-electron chi connectivity index (χ4n) is 2.72. The van der Waals surface area contributed by atoms with Gasteiger partial charge in [-0.3, -0.25) is 4.98 Å². The third-order valence-electron chi connectivity index (χ3n) is 3.64. The van der Waals surface area contributed by atoms with Crippen LogP contribution in [0.5, 0.6) is 0 Å². The first kappa shape index (κ1) is 13.0. The number of aryl methyl sites for hydroxylation is 1. The van der Waals surface area contributed by atoms with Crippen molar-refractivity contribution in [2.45, 2.75) is 25.4 Å². The van der Waals surface area contributed by atoms with Gasteiger partial charge in [0.05, 0.1) is 11.4 Å². The van der Waals surface area contributed by atoms with Gasteiger partial charge in [-0.25, -0.2) is 9.97 Å². The molecule has 3 rings (SSSR count). The van der Waals surface area contributed by atoms with Crippen molar-refractivity contribution >= 4 is 5.82 Å². The van der Waals surface area contributed by atoms with E-state index in [2.05, 4.69) is 26.3 Å². The second-order valence-corrected chi connectivity index (χ2v) is 4.92. The first-order chi connectivity index (χ1) is 9.81. The van der Waals surface area contributed by atoms with Gasteiger partial charge in [-0.15, -0.1) is 0 Å². The molecule has 5 heteroatoms. The Morgan fingerprint density at radius 2 is 2.30 bits per heavy atom. The van der Waals surface area contributed by atoms with Gasteiger partial charge in [-0.1, -0.05) is 6.07 Å². The Morgan fingerprint density at radius 1 is 1.40 bits per heavy atom. The Labute approximate surface area is 118 Å². The summed E-state index contributed by atoms with van der Waals surface area (Å²) in [5, 5.41) is 3.09. The van der Waals surface area contributed by atoms with E-state index in [4.69, 9.17) is 4.74 Å². The first-order valence-corrected chi connectivity index (χ1v) is 6.80. The molecular formula is C15H18N4O. The molecule has 1 unspecified atom stereocenters. The second kappa shape index (κ2) is 5.54. The molecule has 2 aromatic rings. The number of anilines is 1. The summed E-state index contributed by atoms with van der Waals surface area (Å²) >= 11 is 0. The van der Waals surface area contributed by atoms with E-state index >= 15 is 0 Å². The molecule has 0 aliphatic heterocycles. The zero-order valence-corrected chi connectivity index (χ0v) is 11.8. The lowest BCUT2D eigenvalue weighted by Crippen LogP contribution is -2.08. The van der Waals surface area contributed by atoms with Crippen LogP contribution >= 0.6 is 0 Å². The summed E-state index contributed by atoms with van der Waals surface area (Å²) in [6.45, 7) is 0.421. The molecule has 0 saturated heterocycles. The number of nitrogens with one attached hydrogen (secondary N) is 1. The van der Waals surface area contributed by atoms with Crippen molar-refractivity contribution < 1.29 is 4.74 Å². The molecule has 0 amide bonds. The maximum absolute atomic E-state index is 5.15. The number of pyridine rings is 1. The number of hydrogen-bond acceptors (Lipinski definition) is 5. The molecular weight excluding hydrogens is 252 g/mol. The molecule has 1 aliphatic rings. The third-order valence-corrected chi connectivity index (χ3v) is 3.64. The first-order valence-electron chi connectivity index (χ1n) is 6.80. The third kappa shape index (κ3) is 2.36. The monoisotopic (exact) mass is 270 g/mol. The molecule has 104 valence electrons. The van der Waals surface area contributed by atoms with Crippen LogP contribution in [-0.4, -0.2) is 29.1 Å². The largest absolute Gasteiger partial charge is 0.377 e. The molecule has 0 bridgehead atoms. The molecule has 0 fully saturated rings. The minimum absolute atomic E-state index is 0.261. The van der Waals surface area contributed by atoms with Crippen molar-refractivity contribution in [1.82, 2.24) is 15.0 Å². The van der Waals surface area contributed by atoms with Gasteiger partial charge in [0.2, 0.25) is 0 Å². The van der Waals surface area contributed by atoms with Crippen LogP contribution in [0.2, 0.25) is 0 Å². The Balaban J connectivity index is 2.00. The van der Waals surface area contributed by atoms with E-state index in [-0.39, 0.29) is 5.92 Å². The van der Waals surface area contributed by atoms with Crippen LogP contribution in [0.25, 0.3) is 0 Å². The number of ether oxygens (including phenoxy) is 1. The topological polar surface area (TPSA) is 59.9 Å². The molecule has 0 radical (unpaired) electrons. The lowest BCUT2D eigenvalue weighted by Gasteiger charge is -2.13. The molecule has 1 aliphatic carbocycles. The molecule has 5 nitrogen and oxygen atoms in total. The van der Waals surface area contributed by atoms with E-state index in [1.807, 2.05) is 25.4 Å². The number of nitrogens with zero attached hydrogens (tertiary/aromatic N) is 3. The van der Waals surface area contributed by atoms with Gasteiger partial charge in [0.15, 0.2) is 5.82 Å². The maximum atomic E-state index is 5.15. The highest BCUT2D eigenvalue weighted by atomic mass is 16.5. The minimum atomic E-state index is 0.261. The number of fused-ring (bicyclic) bond motifs is 1. The fraction of sp³-hybridized carbons (Fsp3) is 0.400. The smallest absolute Gasteiger partial charge is 0.156 e. The van der Waals surface area contributed by atoms with Crippen molar-refractivity contribution in [3.63, 3.8) is 0 Å². The molecule has 0 saturated carbocycles. The van der Waals surface area contributed by atoms with Crippen LogP contribution in [0.15, 0.2) is 24.4 Å². The van der Waals surface area contributed by atoms with Gasteiger partial charge in [0.1, 0.15) is 12.4 Å². The van der Waals surface area contributed by atoms with Crippen molar-refractivity contribution in [1.29, 1.82) is 0 Å². The second-order valence-electron chi connectivity index (χ2n) is 4.92. The predicted octanol–water partition coefficient (Wildman–Crippen LogP) is 2.14. The zero-order chi connectivity index (χ0) is 13.9. The van der Waals surface area contributed by atoms with Gasteiger partial charge in [0.25, 0.3) is 0 Å². The minimum Gasteiger partial charge on any atom is -0.377 e. The highest BCUT2D eigenvalue weighted by Crippen LogP contribution is 2.36. The molecule has 2 aromatic heterocycles.